The number of aliphatic imine (C=N–C) groups is 1. The van der Waals surface area contributed by atoms with Crippen LogP contribution in [0.3, 0.4) is 0 Å². The van der Waals surface area contributed by atoms with Crippen LogP contribution >= 0.6 is 11.8 Å². The van der Waals surface area contributed by atoms with Gasteiger partial charge in [-0.05, 0) is 35.2 Å². The maximum Gasteiger partial charge on any atom is 0.283 e. The van der Waals surface area contributed by atoms with Gasteiger partial charge in [0.15, 0.2) is 16.7 Å². The van der Waals surface area contributed by atoms with E-state index < -0.39 is 0 Å². The molecule has 0 bridgehead atoms. The van der Waals surface area contributed by atoms with Gasteiger partial charge in [0, 0.05) is 35.4 Å². The van der Waals surface area contributed by atoms with Gasteiger partial charge in [0.25, 0.3) is 5.91 Å². The number of benzene rings is 2. The largest absolute Gasteiger partial charge is 0.454 e. The van der Waals surface area contributed by atoms with Crippen LogP contribution in [-0.2, 0) is 11.3 Å². The molecule has 1 N–H and O–H groups in total. The van der Waals surface area contributed by atoms with Crippen molar-refractivity contribution in [3.63, 3.8) is 0 Å². The molecule has 152 valence electrons. The van der Waals surface area contributed by atoms with Crippen LogP contribution in [0.5, 0.6) is 11.5 Å². The van der Waals surface area contributed by atoms with Crippen molar-refractivity contribution < 1.29 is 14.3 Å². The molecule has 0 spiro atoms. The first-order valence-electron chi connectivity index (χ1n) is 9.70. The lowest BCUT2D eigenvalue weighted by Crippen LogP contribution is -2.35. The van der Waals surface area contributed by atoms with Gasteiger partial charge >= 0.3 is 0 Å². The molecule has 3 aliphatic rings. The summed E-state index contributed by atoms with van der Waals surface area (Å²) in [5, 5.41) is 11.8. The molecule has 6 rings (SSSR count). The third kappa shape index (κ3) is 2.95. The number of nitrogens with zero attached hydrogens (tertiary/aromatic N) is 3. The number of para-hydroxylation sites is 1. The number of rotatable bonds is 3. The van der Waals surface area contributed by atoms with Crippen molar-refractivity contribution in [2.45, 2.75) is 6.54 Å². The van der Waals surface area contributed by atoms with E-state index in [4.69, 9.17) is 14.9 Å². The maximum atomic E-state index is 12.6. The number of nitrogens with one attached hydrogen (secondary N) is 1. The summed E-state index contributed by atoms with van der Waals surface area (Å²) in [4.78, 5) is 18.3. The van der Waals surface area contributed by atoms with E-state index in [0.29, 0.717) is 11.7 Å². The zero-order chi connectivity index (χ0) is 20.9. The molecule has 31 heavy (non-hydrogen) atoms. The van der Waals surface area contributed by atoms with Crippen LogP contribution in [0.15, 0.2) is 70.8 Å². The van der Waals surface area contributed by atoms with Gasteiger partial charge in [-0.25, -0.2) is 0 Å². The van der Waals surface area contributed by atoms with Crippen molar-refractivity contribution in [1.82, 2.24) is 9.47 Å². The molecule has 3 aromatic rings. The van der Waals surface area contributed by atoms with Crippen LogP contribution in [0.4, 0.5) is 0 Å². The molecule has 1 amide bonds. The first kappa shape index (κ1) is 18.0. The second-order valence-corrected chi connectivity index (χ2v) is 8.17. The van der Waals surface area contributed by atoms with Gasteiger partial charge in [-0.2, -0.15) is 4.99 Å². The predicted molar refractivity (Wildman–Crippen MR) is 120 cm³/mol. The molecule has 0 saturated carbocycles. The highest BCUT2D eigenvalue weighted by Gasteiger charge is 2.31. The van der Waals surface area contributed by atoms with E-state index >= 15 is 0 Å². The van der Waals surface area contributed by atoms with E-state index in [1.165, 1.54) is 11.8 Å². The fourth-order valence-corrected chi connectivity index (χ4v) is 4.65. The third-order valence-corrected chi connectivity index (χ3v) is 6.18. The minimum atomic E-state index is -0.389. The second-order valence-electron chi connectivity index (χ2n) is 7.30. The summed E-state index contributed by atoms with van der Waals surface area (Å²) in [5.74, 6) is 1.27. The summed E-state index contributed by atoms with van der Waals surface area (Å²) in [5.41, 5.74) is 3.28. The fourth-order valence-electron chi connectivity index (χ4n) is 3.94. The Morgan fingerprint density at radius 3 is 2.97 bits per heavy atom. The minimum Gasteiger partial charge on any atom is -0.454 e. The van der Waals surface area contributed by atoms with E-state index in [9.17, 15) is 4.79 Å². The third-order valence-electron chi connectivity index (χ3n) is 5.42. The topological polar surface area (TPSA) is 79.9 Å². The highest BCUT2D eigenvalue weighted by Crippen LogP contribution is 2.34. The van der Waals surface area contributed by atoms with Crippen LogP contribution in [0.25, 0.3) is 17.0 Å². The van der Waals surface area contributed by atoms with E-state index in [-0.39, 0.29) is 24.1 Å². The maximum absolute atomic E-state index is 12.6. The molecule has 2 aromatic carbocycles. The number of carbonyl (C=O) groups excluding carboxylic acids is 1. The van der Waals surface area contributed by atoms with Gasteiger partial charge in [-0.3, -0.25) is 15.1 Å². The quantitative estimate of drug-likeness (QED) is 0.633. The summed E-state index contributed by atoms with van der Waals surface area (Å²) >= 11 is 1.34. The van der Waals surface area contributed by atoms with Crippen molar-refractivity contribution >= 4 is 45.7 Å². The minimum absolute atomic E-state index is 0.142. The summed E-state index contributed by atoms with van der Waals surface area (Å²) in [7, 11) is 0. The van der Waals surface area contributed by atoms with Crippen molar-refractivity contribution in [2.24, 2.45) is 4.99 Å². The normalized spacial score (nSPS) is 18.3. The van der Waals surface area contributed by atoms with Crippen molar-refractivity contribution in [2.75, 3.05) is 6.79 Å². The molecule has 0 radical (unpaired) electrons. The summed E-state index contributed by atoms with van der Waals surface area (Å²) < 4.78 is 13.0. The number of fused-ring (bicyclic) bond motifs is 3. The Labute approximate surface area is 181 Å². The monoisotopic (exact) mass is 428 g/mol. The van der Waals surface area contributed by atoms with Crippen LogP contribution < -0.4 is 9.47 Å². The molecule has 3 aliphatic heterocycles. The van der Waals surface area contributed by atoms with Gasteiger partial charge < -0.3 is 14.0 Å². The predicted octanol–water partition coefficient (Wildman–Crippen LogP) is 4.20. The number of ether oxygens (including phenoxy) is 2. The summed E-state index contributed by atoms with van der Waals surface area (Å²) in [6.07, 6.45) is 5.53. The van der Waals surface area contributed by atoms with Crippen LogP contribution in [0.2, 0.25) is 0 Å². The zero-order valence-electron chi connectivity index (χ0n) is 16.2. The molecule has 0 aliphatic carbocycles. The number of amidine groups is 2. The van der Waals surface area contributed by atoms with Crippen molar-refractivity contribution in [3.05, 3.63) is 77.0 Å². The average Bonchev–Trinajstić information content (AvgIpc) is 3.50. The molecule has 0 atom stereocenters. The van der Waals surface area contributed by atoms with E-state index in [1.54, 1.807) is 17.2 Å². The van der Waals surface area contributed by atoms with Gasteiger partial charge in [0.2, 0.25) is 6.79 Å². The summed E-state index contributed by atoms with van der Waals surface area (Å²) in [6.45, 7) is 0.886. The lowest BCUT2D eigenvalue weighted by atomic mass is 10.1. The number of amides is 1. The molecule has 8 heteroatoms. The van der Waals surface area contributed by atoms with E-state index in [0.717, 1.165) is 33.5 Å². The Bertz CT molecular complexity index is 1370. The number of carbonyl (C=O) groups is 1. The first-order chi connectivity index (χ1) is 15.2. The highest BCUT2D eigenvalue weighted by atomic mass is 32.2. The van der Waals surface area contributed by atoms with Gasteiger partial charge in [-0.1, -0.05) is 36.0 Å². The Morgan fingerprint density at radius 2 is 2.03 bits per heavy atom. The Kier molecular flexibility index (Phi) is 4.00. The first-order valence-corrected chi connectivity index (χ1v) is 10.6. The Hall–Kier alpha value is -3.78. The summed E-state index contributed by atoms with van der Waals surface area (Å²) in [6, 6.07) is 14.0. The second kappa shape index (κ2) is 6.88. The van der Waals surface area contributed by atoms with Crippen LogP contribution in [0, 0.1) is 5.41 Å². The number of hydrogen-bond donors (Lipinski definition) is 1. The van der Waals surface area contributed by atoms with E-state index in [1.807, 2.05) is 48.0 Å². The molecular weight excluding hydrogens is 412 g/mol. The fraction of sp³-hybridized carbons (Fsp3) is 0.0870. The Morgan fingerprint density at radius 1 is 1.16 bits per heavy atom. The molecule has 0 fully saturated rings. The molecule has 7 nitrogen and oxygen atoms in total. The van der Waals surface area contributed by atoms with Crippen LogP contribution in [0.1, 0.15) is 11.1 Å². The number of hydrogen-bond acceptors (Lipinski definition) is 5. The molecule has 0 unspecified atom stereocenters. The molecule has 0 saturated heterocycles. The molecular formula is C23H16N4O3S. The molecule has 4 heterocycles. The van der Waals surface area contributed by atoms with Gasteiger partial charge in [0.05, 0.1) is 5.57 Å². The highest BCUT2D eigenvalue weighted by molar-refractivity contribution is 8.16. The zero-order valence-corrected chi connectivity index (χ0v) is 17.1. The smallest absolute Gasteiger partial charge is 0.283 e. The van der Waals surface area contributed by atoms with Gasteiger partial charge in [-0.15, -0.1) is 0 Å². The number of thioether (sulfide) groups is 1. The Balaban J connectivity index is 1.41. The molecule has 1 aromatic heterocycles. The average molecular weight is 428 g/mol. The standard InChI is InChI=1S/C23H16N4O3S/c24-21-17(22(28)25-23-27(21)7-8-31-23)10-15-12-26(18-4-2-1-3-16(15)18)11-14-5-6-19-20(9-14)30-13-29-19/h1-10,12,24H,11,13H2. The van der Waals surface area contributed by atoms with Crippen LogP contribution in [-0.4, -0.2) is 33.2 Å². The lowest BCUT2D eigenvalue weighted by Gasteiger charge is -2.22. The van der Waals surface area contributed by atoms with E-state index in [2.05, 4.69) is 15.6 Å². The van der Waals surface area contributed by atoms with Crippen molar-refractivity contribution in [3.8, 4) is 11.5 Å². The van der Waals surface area contributed by atoms with Gasteiger partial charge in [0.1, 0.15) is 5.84 Å². The number of aromatic nitrogens is 1. The lowest BCUT2D eigenvalue weighted by molar-refractivity contribution is -0.114. The SMILES string of the molecule is N=C1C(=Cc2cn(Cc3ccc4c(c3)OCO4)c3ccccc23)C(=O)N=C2SC=CN12. The van der Waals surface area contributed by atoms with Crippen molar-refractivity contribution in [1.29, 1.82) is 5.41 Å².